The molecule has 0 aliphatic carbocycles. The standard InChI is InChI=1S/C70H54O8/c1-39-61(53-23-7-45(8-24-53)49-15-31-57(32-16-49)67(71)72)41(3)65(42(4)62(39)54-25-9-46(10-26-54)50-17-33-58(34-18-50)68(73)74)66-43(5)63(55-27-11-47(12-28-55)51-19-35-59(36-20-51)69(75)76)40(2)64(44(66)6)56-29-13-48(14-30-56)52-21-37-60(38-22-52)70(77)78/h7-38H,1-6H3,(H,71,72)(H,73,74)(H,75,76)(H,77,78). The summed E-state index contributed by atoms with van der Waals surface area (Å²) in [6, 6.07) is 61.4. The third-order valence-electron chi connectivity index (χ3n) is 15.3. The molecule has 0 aliphatic heterocycles. The second-order valence-electron chi connectivity index (χ2n) is 19.8. The van der Waals surface area contributed by atoms with Crippen LogP contribution in [0.15, 0.2) is 194 Å². The molecule has 0 amide bonds. The summed E-state index contributed by atoms with van der Waals surface area (Å²) in [5.74, 6) is -3.90. The van der Waals surface area contributed by atoms with E-state index in [1.807, 2.05) is 48.5 Å². The van der Waals surface area contributed by atoms with Crippen LogP contribution in [0.25, 0.3) is 100 Å². The van der Waals surface area contributed by atoms with Crippen molar-refractivity contribution >= 4 is 23.9 Å². The number of carboxylic acids is 4. The average Bonchev–Trinajstić information content (AvgIpc) is 3.64. The molecule has 0 bridgehead atoms. The molecule has 0 aliphatic rings. The first kappa shape index (κ1) is 51.6. The van der Waals surface area contributed by atoms with Crippen molar-refractivity contribution in [3.05, 3.63) is 250 Å². The average molecular weight is 1020 g/mol. The number of hydrogen-bond acceptors (Lipinski definition) is 4. The topological polar surface area (TPSA) is 149 Å². The van der Waals surface area contributed by atoms with Crippen LogP contribution in [0.3, 0.4) is 0 Å². The minimum atomic E-state index is -0.976. The maximum atomic E-state index is 11.7. The molecule has 78 heavy (non-hydrogen) atoms. The molecule has 0 fully saturated rings. The SMILES string of the molecule is Cc1c(-c2ccc(-c3ccc(C(=O)O)cc3)cc2)c(C)c(-c2c(C)c(-c3ccc(-c4ccc(C(=O)O)cc4)cc3)c(C)c(-c3ccc(-c4ccc(C(=O)O)cc4)cc3)c2C)c(C)c1-c1ccc(-c2ccc(C(=O)O)cc2)cc1. The fourth-order valence-corrected chi connectivity index (χ4v) is 11.5. The molecule has 10 aromatic carbocycles. The lowest BCUT2D eigenvalue weighted by molar-refractivity contribution is 0.0686. The second kappa shape index (κ2) is 21.0. The largest absolute Gasteiger partial charge is 0.478 e. The van der Waals surface area contributed by atoms with E-state index in [1.165, 1.54) is 0 Å². The lowest BCUT2D eigenvalue weighted by atomic mass is 9.75. The predicted octanol–water partition coefficient (Wildman–Crippen LogP) is 17.3. The van der Waals surface area contributed by atoms with Crippen molar-refractivity contribution in [1.82, 2.24) is 0 Å². The molecule has 0 spiro atoms. The van der Waals surface area contributed by atoms with E-state index in [1.54, 1.807) is 48.5 Å². The van der Waals surface area contributed by atoms with E-state index in [2.05, 4.69) is 139 Å². The van der Waals surface area contributed by atoms with Gasteiger partial charge in [-0.1, -0.05) is 146 Å². The first-order valence-corrected chi connectivity index (χ1v) is 25.5. The van der Waals surface area contributed by atoms with E-state index in [-0.39, 0.29) is 22.3 Å². The Kier molecular flexibility index (Phi) is 13.9. The van der Waals surface area contributed by atoms with Gasteiger partial charge in [-0.25, -0.2) is 19.2 Å². The third-order valence-corrected chi connectivity index (χ3v) is 15.3. The highest BCUT2D eigenvalue weighted by Crippen LogP contribution is 2.50. The van der Waals surface area contributed by atoms with Crippen molar-refractivity contribution in [2.24, 2.45) is 0 Å². The van der Waals surface area contributed by atoms with Crippen molar-refractivity contribution in [1.29, 1.82) is 0 Å². The number of rotatable bonds is 13. The fraction of sp³-hybridized carbons (Fsp3) is 0.0857. The number of hydrogen-bond donors (Lipinski definition) is 4. The fourth-order valence-electron chi connectivity index (χ4n) is 11.5. The summed E-state index contributed by atoms with van der Waals surface area (Å²) in [6.07, 6.45) is 0. The van der Waals surface area contributed by atoms with Gasteiger partial charge >= 0.3 is 23.9 Å². The van der Waals surface area contributed by atoms with Crippen molar-refractivity contribution in [2.75, 3.05) is 0 Å². The van der Waals surface area contributed by atoms with Gasteiger partial charge in [0.1, 0.15) is 0 Å². The Labute approximate surface area is 452 Å². The molecule has 0 saturated heterocycles. The van der Waals surface area contributed by atoms with Crippen LogP contribution in [-0.2, 0) is 0 Å². The lowest BCUT2D eigenvalue weighted by Crippen LogP contribution is -2.06. The van der Waals surface area contributed by atoms with E-state index < -0.39 is 23.9 Å². The zero-order chi connectivity index (χ0) is 55.1. The Morgan fingerprint density at radius 2 is 0.308 bits per heavy atom. The molecule has 10 aromatic rings. The minimum absolute atomic E-state index is 0.224. The lowest BCUT2D eigenvalue weighted by Gasteiger charge is -2.28. The van der Waals surface area contributed by atoms with Gasteiger partial charge in [0.25, 0.3) is 0 Å². The van der Waals surface area contributed by atoms with Crippen LogP contribution in [0.1, 0.15) is 74.8 Å². The molecule has 0 unspecified atom stereocenters. The van der Waals surface area contributed by atoms with Gasteiger partial charge in [0.05, 0.1) is 22.3 Å². The molecule has 0 aromatic heterocycles. The molecule has 382 valence electrons. The molecule has 4 N–H and O–H groups in total. The summed E-state index contributed by atoms with van der Waals surface area (Å²) in [4.78, 5) is 46.7. The quantitative estimate of drug-likeness (QED) is 0.0892. The van der Waals surface area contributed by atoms with E-state index >= 15 is 0 Å². The van der Waals surface area contributed by atoms with E-state index in [9.17, 15) is 39.6 Å². The molecule has 0 atom stereocenters. The van der Waals surface area contributed by atoms with Gasteiger partial charge in [-0.05, 0) is 224 Å². The number of benzene rings is 10. The van der Waals surface area contributed by atoms with Crippen molar-refractivity contribution in [2.45, 2.75) is 41.5 Å². The molecular formula is C70H54O8. The number of carboxylic acid groups (broad SMARTS) is 4. The van der Waals surface area contributed by atoms with Crippen molar-refractivity contribution < 1.29 is 39.6 Å². The molecule has 0 radical (unpaired) electrons. The zero-order valence-corrected chi connectivity index (χ0v) is 43.9. The van der Waals surface area contributed by atoms with Crippen LogP contribution < -0.4 is 0 Å². The Bertz CT molecular complexity index is 3460. The first-order chi connectivity index (χ1) is 37.5. The predicted molar refractivity (Wildman–Crippen MR) is 312 cm³/mol. The summed E-state index contributed by atoms with van der Waals surface area (Å²) >= 11 is 0. The van der Waals surface area contributed by atoms with Crippen LogP contribution in [0.2, 0.25) is 0 Å². The highest BCUT2D eigenvalue weighted by molar-refractivity contribution is 5.99. The summed E-state index contributed by atoms with van der Waals surface area (Å²) in [5, 5.41) is 38.3. The van der Waals surface area contributed by atoms with E-state index in [4.69, 9.17) is 0 Å². The van der Waals surface area contributed by atoms with Gasteiger partial charge in [0, 0.05) is 0 Å². The highest BCUT2D eigenvalue weighted by atomic mass is 16.4. The molecule has 0 heterocycles. The highest BCUT2D eigenvalue weighted by Gasteiger charge is 2.27. The molecule has 0 saturated carbocycles. The monoisotopic (exact) mass is 1020 g/mol. The maximum absolute atomic E-state index is 11.7. The van der Waals surface area contributed by atoms with Gasteiger partial charge in [-0.3, -0.25) is 0 Å². The molecule has 8 heteroatoms. The smallest absolute Gasteiger partial charge is 0.335 e. The zero-order valence-electron chi connectivity index (χ0n) is 43.9. The summed E-state index contributed by atoms with van der Waals surface area (Å²) in [7, 11) is 0. The van der Waals surface area contributed by atoms with Gasteiger partial charge < -0.3 is 20.4 Å². The Hall–Kier alpha value is -9.92. The van der Waals surface area contributed by atoms with Gasteiger partial charge in [0.15, 0.2) is 0 Å². The van der Waals surface area contributed by atoms with Crippen LogP contribution in [0, 0.1) is 41.5 Å². The Balaban J connectivity index is 1.19. The third kappa shape index (κ3) is 9.68. The molecule has 8 nitrogen and oxygen atoms in total. The Morgan fingerprint density at radius 3 is 0.449 bits per heavy atom. The molecule has 10 rings (SSSR count). The van der Waals surface area contributed by atoms with Crippen LogP contribution in [0.5, 0.6) is 0 Å². The van der Waals surface area contributed by atoms with Crippen LogP contribution in [0.4, 0.5) is 0 Å². The summed E-state index contributed by atoms with van der Waals surface area (Å²) in [6.45, 7) is 13.2. The van der Waals surface area contributed by atoms with Gasteiger partial charge in [0.2, 0.25) is 0 Å². The van der Waals surface area contributed by atoms with E-state index in [0.29, 0.717) is 0 Å². The molecular weight excluding hydrogens is 969 g/mol. The second-order valence-corrected chi connectivity index (χ2v) is 19.8. The maximum Gasteiger partial charge on any atom is 0.335 e. The van der Waals surface area contributed by atoms with Crippen molar-refractivity contribution in [3.8, 4) is 100 Å². The summed E-state index contributed by atoms with van der Waals surface area (Å²) < 4.78 is 0. The van der Waals surface area contributed by atoms with Crippen LogP contribution in [-0.4, -0.2) is 44.3 Å². The first-order valence-electron chi connectivity index (χ1n) is 25.5. The van der Waals surface area contributed by atoms with Gasteiger partial charge in [-0.15, -0.1) is 0 Å². The van der Waals surface area contributed by atoms with Crippen LogP contribution >= 0.6 is 0 Å². The van der Waals surface area contributed by atoms with E-state index in [0.717, 1.165) is 134 Å². The van der Waals surface area contributed by atoms with Crippen molar-refractivity contribution in [3.63, 3.8) is 0 Å². The number of carbonyl (C=O) groups is 4. The normalized spacial score (nSPS) is 11.1. The van der Waals surface area contributed by atoms with Gasteiger partial charge in [-0.2, -0.15) is 0 Å². The Morgan fingerprint density at radius 1 is 0.192 bits per heavy atom. The number of aromatic carboxylic acids is 4. The minimum Gasteiger partial charge on any atom is -0.478 e. The summed E-state index contributed by atoms with van der Waals surface area (Å²) in [5.41, 5.74) is 25.6.